The number of benzene rings is 1. The molecule has 1 aliphatic heterocycles. The van der Waals surface area contributed by atoms with Crippen LogP contribution in [0.4, 0.5) is 23.7 Å². The lowest BCUT2D eigenvalue weighted by Crippen LogP contribution is -2.52. The Morgan fingerprint density at radius 3 is 2.50 bits per heavy atom. The average molecular weight is 456 g/mol. The van der Waals surface area contributed by atoms with Gasteiger partial charge in [0.15, 0.2) is 17.5 Å². The fraction of sp³-hybridized carbons (Fsp3) is 0.476. The van der Waals surface area contributed by atoms with E-state index < -0.39 is 47.1 Å². The molecule has 1 aromatic carbocycles. The third kappa shape index (κ3) is 6.22. The van der Waals surface area contributed by atoms with Crippen molar-refractivity contribution in [1.82, 2.24) is 15.5 Å². The molecule has 1 aromatic rings. The van der Waals surface area contributed by atoms with Gasteiger partial charge < -0.3 is 20.7 Å². The smallest absolute Gasteiger partial charge is 0.337 e. The van der Waals surface area contributed by atoms with E-state index in [0.29, 0.717) is 31.1 Å². The molecular formula is C21H27F3N4O4. The van der Waals surface area contributed by atoms with Crippen molar-refractivity contribution in [2.45, 2.75) is 39.7 Å². The zero-order chi connectivity index (χ0) is 23.8. The summed E-state index contributed by atoms with van der Waals surface area (Å²) in [5.41, 5.74) is 0.0828. The zero-order valence-electron chi connectivity index (χ0n) is 18.2. The van der Waals surface area contributed by atoms with Crippen molar-refractivity contribution in [1.29, 1.82) is 0 Å². The van der Waals surface area contributed by atoms with E-state index in [0.717, 1.165) is 6.07 Å². The number of hydrogen-bond acceptors (Lipinski definition) is 5. The van der Waals surface area contributed by atoms with Crippen molar-refractivity contribution < 1.29 is 32.3 Å². The van der Waals surface area contributed by atoms with Gasteiger partial charge in [0.05, 0.1) is 30.5 Å². The van der Waals surface area contributed by atoms with Crippen LogP contribution in [0, 0.1) is 17.5 Å². The predicted molar refractivity (Wildman–Crippen MR) is 111 cm³/mol. The number of anilines is 1. The number of halogens is 3. The van der Waals surface area contributed by atoms with Gasteiger partial charge in [0, 0.05) is 12.2 Å². The van der Waals surface area contributed by atoms with Crippen molar-refractivity contribution in [2.24, 2.45) is 0 Å². The molecule has 0 fully saturated rings. The van der Waals surface area contributed by atoms with Gasteiger partial charge in [-0.05, 0) is 38.4 Å². The fourth-order valence-corrected chi connectivity index (χ4v) is 3.36. The average Bonchev–Trinajstić information content (AvgIpc) is 2.74. The van der Waals surface area contributed by atoms with Crippen LogP contribution in [0.2, 0.25) is 0 Å². The molecule has 0 spiro atoms. The number of nitrogens with one attached hydrogen (secondary N) is 3. The number of rotatable bonds is 10. The fourth-order valence-electron chi connectivity index (χ4n) is 3.36. The first-order valence-corrected chi connectivity index (χ1v) is 10.3. The topological polar surface area (TPSA) is 99.8 Å². The van der Waals surface area contributed by atoms with E-state index in [-0.39, 0.29) is 25.3 Å². The van der Waals surface area contributed by atoms with Crippen LogP contribution in [0.25, 0.3) is 0 Å². The van der Waals surface area contributed by atoms with Gasteiger partial charge in [-0.15, -0.1) is 0 Å². The Morgan fingerprint density at radius 1 is 1.16 bits per heavy atom. The lowest BCUT2D eigenvalue weighted by Gasteiger charge is -2.31. The van der Waals surface area contributed by atoms with E-state index in [2.05, 4.69) is 16.0 Å². The Balaban J connectivity index is 2.23. The van der Waals surface area contributed by atoms with E-state index in [9.17, 15) is 27.6 Å². The van der Waals surface area contributed by atoms with Crippen LogP contribution < -0.4 is 16.0 Å². The van der Waals surface area contributed by atoms with Crippen molar-refractivity contribution >= 4 is 23.6 Å². The third-order valence-electron chi connectivity index (χ3n) is 4.74. The Hall–Kier alpha value is -3.08. The summed E-state index contributed by atoms with van der Waals surface area (Å²) in [4.78, 5) is 38.6. The minimum Gasteiger partial charge on any atom is -0.463 e. The van der Waals surface area contributed by atoms with Crippen LogP contribution in [0.3, 0.4) is 0 Å². The molecule has 3 amide bonds. The first kappa shape index (κ1) is 25.2. The summed E-state index contributed by atoms with van der Waals surface area (Å²) >= 11 is 0. The van der Waals surface area contributed by atoms with Crippen LogP contribution in [0.1, 0.15) is 33.6 Å². The number of nitrogens with zero attached hydrogens (tertiary/aromatic N) is 1. The van der Waals surface area contributed by atoms with Gasteiger partial charge in [-0.1, -0.05) is 13.8 Å². The molecule has 0 bridgehead atoms. The third-order valence-corrected chi connectivity index (χ3v) is 4.74. The standard InChI is InChI=1S/C21H27F3N4O4/c1-4-9-28(11-16(29)25-14-8-7-12(22)18(23)19(14)24)10-15-17(20(30)32-6-3)13(5-2)26-21(31)27-15/h7-8,13H,4-6,9-11H2,1-3H3,(H,25,29)(H2,26,27,31). The second-order valence-electron chi connectivity index (χ2n) is 7.15. The maximum Gasteiger partial charge on any atom is 0.337 e. The van der Waals surface area contributed by atoms with E-state index in [1.165, 1.54) is 0 Å². The van der Waals surface area contributed by atoms with Crippen molar-refractivity contribution in [3.05, 3.63) is 40.9 Å². The molecule has 2 rings (SSSR count). The van der Waals surface area contributed by atoms with Gasteiger partial charge in [0.25, 0.3) is 0 Å². The molecule has 32 heavy (non-hydrogen) atoms. The van der Waals surface area contributed by atoms with Crippen molar-refractivity contribution in [3.63, 3.8) is 0 Å². The minimum atomic E-state index is -1.68. The molecule has 176 valence electrons. The number of ether oxygens (including phenoxy) is 1. The summed E-state index contributed by atoms with van der Waals surface area (Å²) in [6.07, 6.45) is 1.09. The van der Waals surface area contributed by atoms with Crippen LogP contribution in [0.15, 0.2) is 23.4 Å². The molecule has 0 aliphatic carbocycles. The van der Waals surface area contributed by atoms with Crippen LogP contribution >= 0.6 is 0 Å². The number of carbonyl (C=O) groups excluding carboxylic acids is 3. The summed E-state index contributed by atoms with van der Waals surface area (Å²) in [6.45, 7) is 5.70. The van der Waals surface area contributed by atoms with Crippen molar-refractivity contribution in [3.8, 4) is 0 Å². The highest BCUT2D eigenvalue weighted by Crippen LogP contribution is 2.20. The Morgan fingerprint density at radius 2 is 1.88 bits per heavy atom. The lowest BCUT2D eigenvalue weighted by molar-refractivity contribution is -0.139. The number of amides is 3. The molecule has 11 heteroatoms. The SMILES string of the molecule is CCCN(CC(=O)Nc1ccc(F)c(F)c1F)CC1=C(C(=O)OCC)C(CC)NC(=O)N1. The molecular weight excluding hydrogens is 429 g/mol. The molecule has 1 atom stereocenters. The number of hydrogen-bond donors (Lipinski definition) is 3. The molecule has 1 unspecified atom stereocenters. The second-order valence-corrected chi connectivity index (χ2v) is 7.15. The maximum atomic E-state index is 13.9. The minimum absolute atomic E-state index is 0.0413. The van der Waals surface area contributed by atoms with Gasteiger partial charge in [0.2, 0.25) is 5.91 Å². The van der Waals surface area contributed by atoms with Gasteiger partial charge >= 0.3 is 12.0 Å². The molecule has 3 N–H and O–H groups in total. The Bertz CT molecular complexity index is 907. The quantitative estimate of drug-likeness (QED) is 0.371. The maximum absolute atomic E-state index is 13.9. The molecule has 0 radical (unpaired) electrons. The van der Waals surface area contributed by atoms with Crippen LogP contribution in [-0.2, 0) is 14.3 Å². The van der Waals surface area contributed by atoms with E-state index in [1.54, 1.807) is 18.7 Å². The number of carbonyl (C=O) groups is 3. The van der Waals surface area contributed by atoms with E-state index >= 15 is 0 Å². The predicted octanol–water partition coefficient (Wildman–Crippen LogP) is 2.66. The zero-order valence-corrected chi connectivity index (χ0v) is 18.2. The van der Waals surface area contributed by atoms with Crippen LogP contribution in [-0.4, -0.2) is 55.1 Å². The van der Waals surface area contributed by atoms with Gasteiger partial charge in [-0.25, -0.2) is 22.8 Å². The summed E-state index contributed by atoms with van der Waals surface area (Å²) in [5.74, 6) is -5.79. The van der Waals surface area contributed by atoms with Gasteiger partial charge in [-0.2, -0.15) is 0 Å². The first-order valence-electron chi connectivity index (χ1n) is 10.3. The number of esters is 1. The Labute approximate surface area is 184 Å². The summed E-state index contributed by atoms with van der Waals surface area (Å²) in [7, 11) is 0. The van der Waals surface area contributed by atoms with Crippen LogP contribution in [0.5, 0.6) is 0 Å². The molecule has 0 saturated carbocycles. The van der Waals surface area contributed by atoms with E-state index in [4.69, 9.17) is 4.74 Å². The Kier molecular flexibility index (Phi) is 9.06. The largest absolute Gasteiger partial charge is 0.463 e. The van der Waals surface area contributed by atoms with Crippen molar-refractivity contribution in [2.75, 3.05) is 31.6 Å². The van der Waals surface area contributed by atoms with Gasteiger partial charge in [-0.3, -0.25) is 9.69 Å². The summed E-state index contributed by atoms with van der Waals surface area (Å²) < 4.78 is 45.5. The first-order chi connectivity index (χ1) is 15.2. The monoisotopic (exact) mass is 456 g/mol. The molecule has 8 nitrogen and oxygen atoms in total. The lowest BCUT2D eigenvalue weighted by atomic mass is 10.00. The van der Waals surface area contributed by atoms with Gasteiger partial charge in [0.1, 0.15) is 0 Å². The van der Waals surface area contributed by atoms with E-state index in [1.807, 2.05) is 6.92 Å². The normalized spacial score (nSPS) is 16.0. The molecule has 1 heterocycles. The molecule has 1 aliphatic rings. The summed E-state index contributed by atoms with van der Waals surface area (Å²) in [6, 6.07) is 0.607. The molecule has 0 aromatic heterocycles. The highest BCUT2D eigenvalue weighted by Gasteiger charge is 2.32. The number of urea groups is 1. The molecule has 0 saturated heterocycles. The second kappa shape index (κ2) is 11.5. The highest BCUT2D eigenvalue weighted by molar-refractivity contribution is 5.95. The summed E-state index contributed by atoms with van der Waals surface area (Å²) in [5, 5.41) is 7.49. The highest BCUT2D eigenvalue weighted by atomic mass is 19.2.